The average Bonchev–Trinajstić information content (AvgIpc) is 2.86. The molecular formula is C14H22F2N2O4. The zero-order valence-corrected chi connectivity index (χ0v) is 13.2. The lowest BCUT2D eigenvalue weighted by Gasteiger charge is -2.33. The molecule has 0 aliphatic carbocycles. The molecule has 0 aromatic carbocycles. The number of amides is 1. The molecule has 0 aromatic rings. The number of fused-ring (bicyclic) bond motifs is 1. The summed E-state index contributed by atoms with van der Waals surface area (Å²) in [6.45, 7) is 6.07. The van der Waals surface area contributed by atoms with Gasteiger partial charge in [0.05, 0.1) is 18.6 Å². The zero-order chi connectivity index (χ0) is 16.9. The van der Waals surface area contributed by atoms with Crippen LogP contribution in [-0.2, 0) is 9.53 Å². The Kier molecular flexibility index (Phi) is 4.10. The summed E-state index contributed by atoms with van der Waals surface area (Å²) in [6.07, 6.45) is -1.06. The van der Waals surface area contributed by atoms with E-state index in [1.54, 1.807) is 20.8 Å². The number of carbonyl (C=O) groups is 2. The van der Waals surface area contributed by atoms with Crippen molar-refractivity contribution < 1.29 is 28.2 Å². The minimum absolute atomic E-state index is 0.245. The Morgan fingerprint density at radius 1 is 1.36 bits per heavy atom. The molecule has 0 spiro atoms. The Morgan fingerprint density at radius 2 is 1.95 bits per heavy atom. The van der Waals surface area contributed by atoms with Crippen molar-refractivity contribution in [3.8, 4) is 0 Å². The number of alkyl halides is 2. The molecule has 2 saturated heterocycles. The highest BCUT2D eigenvalue weighted by molar-refractivity contribution is 5.76. The Morgan fingerprint density at radius 3 is 2.45 bits per heavy atom. The summed E-state index contributed by atoms with van der Waals surface area (Å²) in [5.74, 6) is -3.74. The van der Waals surface area contributed by atoms with Gasteiger partial charge in [-0.1, -0.05) is 0 Å². The quantitative estimate of drug-likeness (QED) is 0.786. The molecule has 1 N–H and O–H groups in total. The van der Waals surface area contributed by atoms with E-state index in [4.69, 9.17) is 9.84 Å². The summed E-state index contributed by atoms with van der Waals surface area (Å²) in [4.78, 5) is 25.4. The van der Waals surface area contributed by atoms with E-state index in [-0.39, 0.29) is 6.54 Å². The van der Waals surface area contributed by atoms with Crippen LogP contribution >= 0.6 is 0 Å². The highest BCUT2D eigenvalue weighted by atomic mass is 19.3. The first-order chi connectivity index (χ1) is 9.94. The van der Waals surface area contributed by atoms with E-state index in [2.05, 4.69) is 0 Å². The largest absolute Gasteiger partial charge is 0.465 e. The number of likely N-dealkylation sites (tertiary alicyclic amines) is 2. The third-order valence-corrected chi connectivity index (χ3v) is 4.11. The molecule has 0 saturated carbocycles. The number of carbonyl (C=O) groups excluding carboxylic acids is 1. The first-order valence-electron chi connectivity index (χ1n) is 7.30. The molecule has 0 bridgehead atoms. The van der Waals surface area contributed by atoms with Gasteiger partial charge in [0.1, 0.15) is 11.6 Å². The second-order valence-corrected chi connectivity index (χ2v) is 6.92. The Bertz CT molecular complexity index is 478. The SMILES string of the molecule is CC(C(=O)OC(C)(C)C)N1CCC2C1C(F)(F)CN2C(=O)O. The van der Waals surface area contributed by atoms with Gasteiger partial charge in [-0.05, 0) is 34.1 Å². The monoisotopic (exact) mass is 320 g/mol. The molecule has 126 valence electrons. The van der Waals surface area contributed by atoms with Crippen LogP contribution in [0, 0.1) is 0 Å². The molecule has 8 heteroatoms. The molecule has 0 radical (unpaired) electrons. The highest BCUT2D eigenvalue weighted by Crippen LogP contribution is 2.42. The normalized spacial score (nSPS) is 29.3. The molecule has 2 aliphatic heterocycles. The molecule has 2 fully saturated rings. The fraction of sp³-hybridized carbons (Fsp3) is 0.857. The number of hydrogen-bond donors (Lipinski definition) is 1. The van der Waals surface area contributed by atoms with Crippen molar-refractivity contribution in [1.29, 1.82) is 0 Å². The topological polar surface area (TPSA) is 70.1 Å². The van der Waals surface area contributed by atoms with Crippen molar-refractivity contribution in [1.82, 2.24) is 9.80 Å². The fourth-order valence-corrected chi connectivity index (χ4v) is 3.25. The molecule has 2 aliphatic rings. The third kappa shape index (κ3) is 3.02. The average molecular weight is 320 g/mol. The van der Waals surface area contributed by atoms with E-state index >= 15 is 0 Å². The van der Waals surface area contributed by atoms with Crippen LogP contribution in [0.1, 0.15) is 34.1 Å². The lowest BCUT2D eigenvalue weighted by atomic mass is 10.1. The minimum Gasteiger partial charge on any atom is -0.465 e. The molecule has 3 unspecified atom stereocenters. The molecular weight excluding hydrogens is 298 g/mol. The highest BCUT2D eigenvalue weighted by Gasteiger charge is 2.62. The summed E-state index contributed by atoms with van der Waals surface area (Å²) >= 11 is 0. The van der Waals surface area contributed by atoms with Gasteiger partial charge in [0, 0.05) is 6.54 Å². The van der Waals surface area contributed by atoms with Gasteiger partial charge in [-0.3, -0.25) is 14.6 Å². The predicted molar refractivity (Wildman–Crippen MR) is 73.9 cm³/mol. The van der Waals surface area contributed by atoms with Crippen molar-refractivity contribution in [2.45, 2.75) is 63.8 Å². The van der Waals surface area contributed by atoms with Gasteiger partial charge in [0.2, 0.25) is 0 Å². The standard InChI is InChI=1S/C14H22F2N2O4/c1-8(11(19)22-13(2,3)4)17-6-5-9-10(17)14(15,16)7-18(9)12(20)21/h8-10H,5-7H2,1-4H3,(H,20,21). The van der Waals surface area contributed by atoms with Crippen molar-refractivity contribution >= 4 is 12.1 Å². The smallest absolute Gasteiger partial charge is 0.407 e. The van der Waals surface area contributed by atoms with Gasteiger partial charge >= 0.3 is 12.1 Å². The van der Waals surface area contributed by atoms with E-state index in [9.17, 15) is 18.4 Å². The molecule has 22 heavy (non-hydrogen) atoms. The maximum absolute atomic E-state index is 14.2. The molecule has 1 amide bonds. The van der Waals surface area contributed by atoms with Gasteiger partial charge in [0.15, 0.2) is 0 Å². The number of carboxylic acid groups (broad SMARTS) is 1. The van der Waals surface area contributed by atoms with Crippen LogP contribution in [0.3, 0.4) is 0 Å². The molecule has 2 rings (SSSR count). The van der Waals surface area contributed by atoms with Gasteiger partial charge < -0.3 is 9.84 Å². The first kappa shape index (κ1) is 16.9. The van der Waals surface area contributed by atoms with Crippen molar-refractivity contribution in [2.24, 2.45) is 0 Å². The van der Waals surface area contributed by atoms with Crippen LogP contribution in [0.4, 0.5) is 13.6 Å². The maximum Gasteiger partial charge on any atom is 0.407 e. The van der Waals surface area contributed by atoms with E-state index in [0.717, 1.165) is 4.90 Å². The van der Waals surface area contributed by atoms with Crippen molar-refractivity contribution in [2.75, 3.05) is 13.1 Å². The molecule has 6 nitrogen and oxygen atoms in total. The van der Waals surface area contributed by atoms with E-state index < -0.39 is 48.3 Å². The lowest BCUT2D eigenvalue weighted by Crippen LogP contribution is -2.52. The van der Waals surface area contributed by atoms with Gasteiger partial charge in [0.25, 0.3) is 5.92 Å². The number of esters is 1. The fourth-order valence-electron chi connectivity index (χ4n) is 3.25. The zero-order valence-electron chi connectivity index (χ0n) is 13.2. The second-order valence-electron chi connectivity index (χ2n) is 6.92. The number of nitrogens with zero attached hydrogens (tertiary/aromatic N) is 2. The third-order valence-electron chi connectivity index (χ3n) is 4.11. The maximum atomic E-state index is 14.2. The Labute approximate surface area is 128 Å². The Hall–Kier alpha value is -1.44. The number of ether oxygens (including phenoxy) is 1. The summed E-state index contributed by atoms with van der Waals surface area (Å²) in [5, 5.41) is 9.06. The van der Waals surface area contributed by atoms with Gasteiger partial charge in [-0.2, -0.15) is 0 Å². The van der Waals surface area contributed by atoms with Crippen molar-refractivity contribution in [3.05, 3.63) is 0 Å². The van der Waals surface area contributed by atoms with Gasteiger partial charge in [-0.25, -0.2) is 13.6 Å². The summed E-state index contributed by atoms with van der Waals surface area (Å²) < 4.78 is 33.7. The van der Waals surface area contributed by atoms with Gasteiger partial charge in [-0.15, -0.1) is 0 Å². The van der Waals surface area contributed by atoms with Crippen LogP contribution in [-0.4, -0.2) is 69.7 Å². The number of hydrogen-bond acceptors (Lipinski definition) is 4. The van der Waals surface area contributed by atoms with E-state index in [1.165, 1.54) is 11.8 Å². The number of halogens is 2. The van der Waals surface area contributed by atoms with E-state index in [0.29, 0.717) is 6.42 Å². The lowest BCUT2D eigenvalue weighted by molar-refractivity contribution is -0.163. The first-order valence-corrected chi connectivity index (χ1v) is 7.30. The van der Waals surface area contributed by atoms with E-state index in [1.807, 2.05) is 0 Å². The Balaban J connectivity index is 2.17. The van der Waals surface area contributed by atoms with Crippen LogP contribution in [0.15, 0.2) is 0 Å². The minimum atomic E-state index is -3.17. The van der Waals surface area contributed by atoms with Crippen LogP contribution in [0.5, 0.6) is 0 Å². The van der Waals surface area contributed by atoms with Crippen molar-refractivity contribution in [3.63, 3.8) is 0 Å². The van der Waals surface area contributed by atoms with Crippen LogP contribution in [0.25, 0.3) is 0 Å². The van der Waals surface area contributed by atoms with Crippen LogP contribution in [0.2, 0.25) is 0 Å². The second kappa shape index (κ2) is 5.33. The predicted octanol–water partition coefficient (Wildman–Crippen LogP) is 1.79. The summed E-state index contributed by atoms with van der Waals surface area (Å²) in [6, 6.07) is -2.89. The van der Waals surface area contributed by atoms with Crippen LogP contribution < -0.4 is 0 Å². The molecule has 0 aromatic heterocycles. The number of rotatable bonds is 2. The summed E-state index contributed by atoms with van der Waals surface area (Å²) in [5.41, 5.74) is -0.699. The molecule has 3 atom stereocenters. The molecule has 2 heterocycles. The summed E-state index contributed by atoms with van der Waals surface area (Å²) in [7, 11) is 0.